The molecule has 162 valence electrons. The number of aromatic nitrogens is 4. The highest BCUT2D eigenvalue weighted by molar-refractivity contribution is 6.30. The summed E-state index contributed by atoms with van der Waals surface area (Å²) < 4.78 is 21.6. The van der Waals surface area contributed by atoms with E-state index in [-0.39, 0.29) is 17.6 Å². The van der Waals surface area contributed by atoms with Crippen LogP contribution in [0.5, 0.6) is 0 Å². The van der Waals surface area contributed by atoms with Gasteiger partial charge in [-0.1, -0.05) is 11.6 Å². The lowest BCUT2D eigenvalue weighted by molar-refractivity contribution is -0.134. The van der Waals surface area contributed by atoms with Crippen molar-refractivity contribution in [3.05, 3.63) is 71.4 Å². The Balaban J connectivity index is 1.53. The van der Waals surface area contributed by atoms with E-state index >= 15 is 0 Å². The lowest BCUT2D eigenvalue weighted by Crippen LogP contribution is -2.42. The molecule has 32 heavy (non-hydrogen) atoms. The van der Waals surface area contributed by atoms with Crippen LogP contribution in [-0.4, -0.2) is 49.8 Å². The zero-order valence-corrected chi connectivity index (χ0v) is 17.9. The Morgan fingerprint density at radius 1 is 1.28 bits per heavy atom. The smallest absolute Gasteiger partial charge is 0.236 e. The molecule has 0 N–H and O–H groups in total. The Hall–Kier alpha value is -3.59. The molecular weight excluding hydrogens is 435 g/mol. The van der Waals surface area contributed by atoms with Gasteiger partial charge in [0.2, 0.25) is 5.91 Å². The van der Waals surface area contributed by atoms with Crippen molar-refractivity contribution in [2.24, 2.45) is 10.9 Å². The molecule has 3 aromatic rings. The van der Waals surface area contributed by atoms with Crippen LogP contribution in [0.4, 0.5) is 4.39 Å². The summed E-state index contributed by atoms with van der Waals surface area (Å²) in [6, 6.07) is 3.95. The lowest BCUT2D eigenvalue weighted by atomic mass is 9.92. The number of fused-ring (bicyclic) bond motifs is 2. The van der Waals surface area contributed by atoms with Gasteiger partial charge >= 0.3 is 0 Å². The number of pyridine rings is 2. The molecule has 1 amide bonds. The number of amides is 1. The number of hydrogen-bond donors (Lipinski definition) is 0. The third-order valence-electron chi connectivity index (χ3n) is 5.61. The van der Waals surface area contributed by atoms with Crippen LogP contribution in [0.2, 0.25) is 5.02 Å². The molecule has 0 aromatic carbocycles. The van der Waals surface area contributed by atoms with Crippen molar-refractivity contribution >= 4 is 29.4 Å². The van der Waals surface area contributed by atoms with Gasteiger partial charge in [0, 0.05) is 24.2 Å². The topological polar surface area (TPSA) is 85.0 Å². The Bertz CT molecular complexity index is 1300. The maximum atomic E-state index is 14.8. The van der Waals surface area contributed by atoms with Crippen molar-refractivity contribution < 1.29 is 13.9 Å². The number of carbonyl (C=O) groups excluding carboxylic acids is 1. The first-order chi connectivity index (χ1) is 15.5. The van der Waals surface area contributed by atoms with Crippen LogP contribution in [0.1, 0.15) is 18.8 Å². The molecule has 0 bridgehead atoms. The van der Waals surface area contributed by atoms with E-state index in [0.29, 0.717) is 27.9 Å². The number of hydrogen-bond acceptors (Lipinski definition) is 6. The summed E-state index contributed by atoms with van der Waals surface area (Å²) >= 11 is 5.92. The lowest BCUT2D eigenvalue weighted by Gasteiger charge is -2.34. The molecular formula is C22H18ClFN6O2. The van der Waals surface area contributed by atoms with E-state index in [1.54, 1.807) is 46.1 Å². The first kappa shape index (κ1) is 20.3. The third-order valence-corrected chi connectivity index (χ3v) is 5.83. The molecule has 3 atom stereocenters. The van der Waals surface area contributed by atoms with E-state index in [9.17, 15) is 9.18 Å². The zero-order chi connectivity index (χ0) is 22.4. The second-order valence-electron chi connectivity index (χ2n) is 7.52. The number of methoxy groups -OCH3 is 1. The molecule has 0 fully saturated rings. The summed E-state index contributed by atoms with van der Waals surface area (Å²) in [7, 11) is 1.53. The van der Waals surface area contributed by atoms with Gasteiger partial charge in [-0.2, -0.15) is 0 Å². The number of nitrogens with zero attached hydrogens (tertiary/aromatic N) is 6. The summed E-state index contributed by atoms with van der Waals surface area (Å²) in [6.45, 7) is 1.82. The van der Waals surface area contributed by atoms with Gasteiger partial charge in [0.15, 0.2) is 17.3 Å². The van der Waals surface area contributed by atoms with Gasteiger partial charge in [0.05, 0.1) is 42.0 Å². The van der Waals surface area contributed by atoms with E-state index in [1.807, 2.05) is 13.0 Å². The van der Waals surface area contributed by atoms with Crippen LogP contribution >= 0.6 is 11.6 Å². The number of halogens is 2. The summed E-state index contributed by atoms with van der Waals surface area (Å²) in [5.41, 5.74) is 1.16. The van der Waals surface area contributed by atoms with E-state index < -0.39 is 17.8 Å². The van der Waals surface area contributed by atoms with Crippen LogP contribution in [0.25, 0.3) is 16.9 Å². The van der Waals surface area contributed by atoms with E-state index in [0.717, 1.165) is 0 Å². The number of allylic oxidation sites excluding steroid dienone is 1. The number of rotatable bonds is 4. The molecule has 0 radical (unpaired) electrons. The molecule has 3 aromatic heterocycles. The summed E-state index contributed by atoms with van der Waals surface area (Å²) in [5.74, 6) is -0.213. The SMILES string of the molecule is COC1=CC2C(=O)N([C@H](C)c3nnc4c(F)cc(-c5ccc(Cl)cn5)cn34)C=CC2N=C1. The highest BCUT2D eigenvalue weighted by atomic mass is 35.5. The Morgan fingerprint density at radius 2 is 2.12 bits per heavy atom. The largest absolute Gasteiger partial charge is 0.495 e. The van der Waals surface area contributed by atoms with Gasteiger partial charge in [0.25, 0.3) is 0 Å². The molecule has 0 saturated carbocycles. The molecule has 2 aliphatic rings. The van der Waals surface area contributed by atoms with Crippen molar-refractivity contribution in [3.8, 4) is 11.3 Å². The highest BCUT2D eigenvalue weighted by Crippen LogP contribution is 2.31. The van der Waals surface area contributed by atoms with E-state index in [1.165, 1.54) is 19.4 Å². The quantitative estimate of drug-likeness (QED) is 0.603. The van der Waals surface area contributed by atoms with Gasteiger partial charge in [-0.15, -0.1) is 10.2 Å². The predicted molar refractivity (Wildman–Crippen MR) is 116 cm³/mol. The van der Waals surface area contributed by atoms with Gasteiger partial charge in [-0.05, 0) is 37.3 Å². The third kappa shape index (κ3) is 3.34. The van der Waals surface area contributed by atoms with Gasteiger partial charge in [-0.25, -0.2) is 4.39 Å². The van der Waals surface area contributed by atoms with Crippen LogP contribution in [-0.2, 0) is 9.53 Å². The normalized spacial score (nSPS) is 20.9. The van der Waals surface area contributed by atoms with Crippen molar-refractivity contribution in [1.82, 2.24) is 24.5 Å². The zero-order valence-electron chi connectivity index (χ0n) is 17.2. The summed E-state index contributed by atoms with van der Waals surface area (Å²) in [4.78, 5) is 23.4. The molecule has 2 aliphatic heterocycles. The number of aliphatic imine (C=N–C) groups is 1. The highest BCUT2D eigenvalue weighted by Gasteiger charge is 2.37. The van der Waals surface area contributed by atoms with Gasteiger partial charge < -0.3 is 9.64 Å². The summed E-state index contributed by atoms with van der Waals surface area (Å²) in [5, 5.41) is 8.66. The molecule has 2 unspecified atom stereocenters. The van der Waals surface area contributed by atoms with Crippen LogP contribution in [0.15, 0.2) is 59.7 Å². The minimum absolute atomic E-state index is 0.0692. The first-order valence-electron chi connectivity index (χ1n) is 9.92. The molecule has 5 rings (SSSR count). The molecule has 0 spiro atoms. The van der Waals surface area contributed by atoms with Gasteiger partial charge in [-0.3, -0.25) is 19.2 Å². The molecule has 5 heterocycles. The molecule has 0 saturated heterocycles. The Kier molecular flexibility index (Phi) is 4.97. The monoisotopic (exact) mass is 452 g/mol. The number of ether oxygens (including phenoxy) is 1. The number of dihydropyridines is 1. The fourth-order valence-electron chi connectivity index (χ4n) is 3.89. The Morgan fingerprint density at radius 3 is 2.88 bits per heavy atom. The maximum Gasteiger partial charge on any atom is 0.236 e. The fourth-order valence-corrected chi connectivity index (χ4v) is 4.00. The number of carbonyl (C=O) groups is 1. The maximum absolute atomic E-state index is 14.8. The molecule has 10 heteroatoms. The predicted octanol–water partition coefficient (Wildman–Crippen LogP) is 3.60. The van der Waals surface area contributed by atoms with Crippen molar-refractivity contribution in [1.29, 1.82) is 0 Å². The minimum atomic E-state index is -0.542. The summed E-state index contributed by atoms with van der Waals surface area (Å²) in [6.07, 6.45) is 10.1. The molecule has 0 aliphatic carbocycles. The van der Waals surface area contributed by atoms with Gasteiger partial charge in [0.1, 0.15) is 5.76 Å². The average molecular weight is 453 g/mol. The van der Waals surface area contributed by atoms with Crippen molar-refractivity contribution in [2.75, 3.05) is 7.11 Å². The van der Waals surface area contributed by atoms with Crippen LogP contribution in [0.3, 0.4) is 0 Å². The average Bonchev–Trinajstić information content (AvgIpc) is 3.24. The minimum Gasteiger partial charge on any atom is -0.495 e. The molecule has 8 nitrogen and oxygen atoms in total. The second kappa shape index (κ2) is 7.83. The van der Waals surface area contributed by atoms with Crippen LogP contribution < -0.4 is 0 Å². The van der Waals surface area contributed by atoms with Crippen molar-refractivity contribution in [3.63, 3.8) is 0 Å². The standard InChI is InChI=1S/C22H18ClFN6O2/c1-12(29-6-5-19-16(22(29)31)8-15(32-2)10-26-19)20-27-28-21-17(24)7-13(11-30(20)21)18-4-3-14(23)9-25-18/h3-12,16,19H,1-2H3/t12-,16?,19?/m1/s1. The van der Waals surface area contributed by atoms with E-state index in [2.05, 4.69) is 20.2 Å². The fraction of sp³-hybridized carbons (Fsp3) is 0.227. The van der Waals surface area contributed by atoms with Crippen LogP contribution in [0, 0.1) is 11.7 Å². The Labute approximate surface area is 187 Å². The first-order valence-corrected chi connectivity index (χ1v) is 10.3. The second-order valence-corrected chi connectivity index (χ2v) is 7.96. The van der Waals surface area contributed by atoms with E-state index in [4.69, 9.17) is 16.3 Å². The van der Waals surface area contributed by atoms with Crippen molar-refractivity contribution in [2.45, 2.75) is 19.0 Å².